The van der Waals surface area contributed by atoms with Crippen LogP contribution in [0.1, 0.15) is 23.9 Å². The number of nitrogens with zero attached hydrogens (tertiary/aromatic N) is 4. The quantitative estimate of drug-likeness (QED) is 0.679. The Labute approximate surface area is 99.2 Å². The van der Waals surface area contributed by atoms with Gasteiger partial charge < -0.3 is 15.4 Å². The maximum absolute atomic E-state index is 9.53. The number of hydrogen-bond acceptors (Lipinski definition) is 7. The summed E-state index contributed by atoms with van der Waals surface area (Å²) in [6.45, 7) is 5.38. The van der Waals surface area contributed by atoms with Gasteiger partial charge in [-0.1, -0.05) is 5.16 Å². The van der Waals surface area contributed by atoms with Crippen molar-refractivity contribution in [1.82, 2.24) is 19.9 Å². The minimum atomic E-state index is -0.854. The summed E-state index contributed by atoms with van der Waals surface area (Å²) in [5, 5.41) is 13.5. The van der Waals surface area contributed by atoms with E-state index >= 15 is 0 Å². The first-order valence-corrected chi connectivity index (χ1v) is 5.96. The molecule has 17 heavy (non-hydrogen) atoms. The van der Waals surface area contributed by atoms with Gasteiger partial charge in [0.05, 0.1) is 6.04 Å². The van der Waals surface area contributed by atoms with Gasteiger partial charge in [-0.05, 0) is 0 Å². The third-order valence-electron chi connectivity index (χ3n) is 3.54. The average molecular weight is 239 g/mol. The van der Waals surface area contributed by atoms with E-state index in [4.69, 9.17) is 10.3 Å². The second kappa shape index (κ2) is 4.34. The van der Waals surface area contributed by atoms with Crippen molar-refractivity contribution in [3.8, 4) is 0 Å². The van der Waals surface area contributed by atoms with Crippen molar-refractivity contribution in [2.75, 3.05) is 39.3 Å². The van der Waals surface area contributed by atoms with Crippen LogP contribution in [-0.2, 0) is 0 Å². The lowest BCUT2D eigenvalue weighted by Crippen LogP contribution is -2.57. The van der Waals surface area contributed by atoms with E-state index in [1.165, 1.54) is 0 Å². The standard InChI is InChI=1S/C10H17N5O2/c11-5-8(16)10-12-9(13-17-10)7-6-14-1-3-15(7)4-2-14/h7-8,16H,1-6,11H2/t7?,8-/m0/s1. The van der Waals surface area contributed by atoms with Crippen LogP contribution in [-0.4, -0.2) is 64.3 Å². The summed E-state index contributed by atoms with van der Waals surface area (Å²) in [5.74, 6) is 0.886. The van der Waals surface area contributed by atoms with Gasteiger partial charge in [-0.3, -0.25) is 9.80 Å². The summed E-state index contributed by atoms with van der Waals surface area (Å²) in [5.41, 5.74) is 5.36. The van der Waals surface area contributed by atoms with Crippen molar-refractivity contribution in [2.24, 2.45) is 5.73 Å². The molecule has 7 heteroatoms. The Balaban J connectivity index is 1.78. The Morgan fingerprint density at radius 1 is 1.41 bits per heavy atom. The van der Waals surface area contributed by atoms with Crippen LogP contribution >= 0.6 is 0 Å². The molecule has 4 heterocycles. The van der Waals surface area contributed by atoms with Gasteiger partial charge in [0.2, 0.25) is 0 Å². The molecule has 3 saturated heterocycles. The second-order valence-corrected chi connectivity index (χ2v) is 4.59. The Kier molecular flexibility index (Phi) is 2.83. The number of nitrogens with two attached hydrogens (primary N) is 1. The highest BCUT2D eigenvalue weighted by molar-refractivity contribution is 5.02. The van der Waals surface area contributed by atoms with Crippen molar-refractivity contribution in [3.63, 3.8) is 0 Å². The predicted octanol–water partition coefficient (Wildman–Crippen LogP) is -1.27. The van der Waals surface area contributed by atoms with E-state index in [0.29, 0.717) is 5.82 Å². The van der Waals surface area contributed by atoms with Gasteiger partial charge in [0.1, 0.15) is 6.10 Å². The molecule has 7 nitrogen and oxygen atoms in total. The van der Waals surface area contributed by atoms with Gasteiger partial charge in [-0.25, -0.2) is 0 Å². The number of aliphatic hydroxyl groups excluding tert-OH is 1. The first-order valence-electron chi connectivity index (χ1n) is 5.96. The predicted molar refractivity (Wildman–Crippen MR) is 59.1 cm³/mol. The van der Waals surface area contributed by atoms with Crippen molar-refractivity contribution in [3.05, 3.63) is 11.7 Å². The molecule has 2 bridgehead atoms. The molecule has 0 saturated carbocycles. The molecule has 3 aliphatic rings. The van der Waals surface area contributed by atoms with Crippen LogP contribution in [0.4, 0.5) is 0 Å². The highest BCUT2D eigenvalue weighted by atomic mass is 16.5. The minimum absolute atomic E-state index is 0.0993. The van der Waals surface area contributed by atoms with Gasteiger partial charge in [0, 0.05) is 39.3 Å². The van der Waals surface area contributed by atoms with Crippen molar-refractivity contribution >= 4 is 0 Å². The third-order valence-corrected chi connectivity index (χ3v) is 3.54. The van der Waals surface area contributed by atoms with E-state index in [9.17, 15) is 5.11 Å². The normalized spacial score (nSPS) is 33.9. The molecule has 3 fully saturated rings. The zero-order chi connectivity index (χ0) is 11.8. The van der Waals surface area contributed by atoms with Crippen LogP contribution in [0.15, 0.2) is 4.52 Å². The van der Waals surface area contributed by atoms with Gasteiger partial charge in [-0.15, -0.1) is 0 Å². The highest BCUT2D eigenvalue weighted by Gasteiger charge is 2.35. The van der Waals surface area contributed by atoms with Crippen LogP contribution in [0.25, 0.3) is 0 Å². The average Bonchev–Trinajstić information content (AvgIpc) is 2.88. The van der Waals surface area contributed by atoms with E-state index in [-0.39, 0.29) is 18.5 Å². The van der Waals surface area contributed by atoms with Crippen LogP contribution in [0.2, 0.25) is 0 Å². The minimum Gasteiger partial charge on any atom is -0.382 e. The monoisotopic (exact) mass is 239 g/mol. The number of aromatic nitrogens is 2. The van der Waals surface area contributed by atoms with E-state index in [0.717, 1.165) is 32.7 Å². The largest absolute Gasteiger partial charge is 0.382 e. The lowest BCUT2D eigenvalue weighted by atomic mass is 10.1. The molecular weight excluding hydrogens is 222 g/mol. The molecular formula is C10H17N5O2. The number of piperazine rings is 3. The zero-order valence-electron chi connectivity index (χ0n) is 9.62. The fraction of sp³-hybridized carbons (Fsp3) is 0.800. The summed E-state index contributed by atoms with van der Waals surface area (Å²) in [6.07, 6.45) is -0.854. The zero-order valence-corrected chi connectivity index (χ0v) is 9.62. The summed E-state index contributed by atoms with van der Waals surface area (Å²) < 4.78 is 5.04. The summed E-state index contributed by atoms with van der Waals surface area (Å²) in [7, 11) is 0. The highest BCUT2D eigenvalue weighted by Crippen LogP contribution is 2.27. The summed E-state index contributed by atoms with van der Waals surface area (Å²) >= 11 is 0. The van der Waals surface area contributed by atoms with Crippen molar-refractivity contribution < 1.29 is 9.63 Å². The topological polar surface area (TPSA) is 91.7 Å². The fourth-order valence-electron chi connectivity index (χ4n) is 2.48. The molecule has 0 spiro atoms. The molecule has 0 amide bonds. The Hall–Kier alpha value is -1.02. The first kappa shape index (κ1) is 11.1. The molecule has 0 radical (unpaired) electrons. The molecule has 3 N–H and O–H groups in total. The van der Waals surface area contributed by atoms with Gasteiger partial charge >= 0.3 is 0 Å². The Morgan fingerprint density at radius 2 is 2.18 bits per heavy atom. The summed E-state index contributed by atoms with van der Waals surface area (Å²) in [6, 6.07) is 0.194. The lowest BCUT2D eigenvalue weighted by Gasteiger charge is -2.46. The van der Waals surface area contributed by atoms with Gasteiger partial charge in [0.15, 0.2) is 5.82 Å². The first-order chi connectivity index (χ1) is 8.28. The molecule has 1 unspecified atom stereocenters. The smallest absolute Gasteiger partial charge is 0.256 e. The number of hydrogen-bond donors (Lipinski definition) is 2. The van der Waals surface area contributed by atoms with E-state index in [1.54, 1.807) is 0 Å². The van der Waals surface area contributed by atoms with Crippen LogP contribution in [0.3, 0.4) is 0 Å². The number of fused-ring (bicyclic) bond motifs is 3. The number of rotatable bonds is 3. The lowest BCUT2D eigenvalue weighted by molar-refractivity contribution is 0.00780. The van der Waals surface area contributed by atoms with Gasteiger partial charge in [0.25, 0.3) is 5.89 Å². The van der Waals surface area contributed by atoms with E-state index in [2.05, 4.69) is 19.9 Å². The van der Waals surface area contributed by atoms with Crippen molar-refractivity contribution in [1.29, 1.82) is 0 Å². The van der Waals surface area contributed by atoms with Crippen molar-refractivity contribution in [2.45, 2.75) is 12.1 Å². The molecule has 94 valence electrons. The van der Waals surface area contributed by atoms with Crippen LogP contribution in [0.5, 0.6) is 0 Å². The van der Waals surface area contributed by atoms with Crippen LogP contribution in [0, 0.1) is 0 Å². The van der Waals surface area contributed by atoms with Crippen LogP contribution < -0.4 is 5.73 Å². The van der Waals surface area contributed by atoms with Gasteiger partial charge in [-0.2, -0.15) is 4.98 Å². The molecule has 4 rings (SSSR count). The molecule has 0 aromatic carbocycles. The third kappa shape index (κ3) is 1.95. The SMILES string of the molecule is NC[C@H](O)c1nc(C2CN3CCN2CC3)no1. The maximum atomic E-state index is 9.53. The molecule has 0 aliphatic carbocycles. The van der Waals surface area contributed by atoms with E-state index < -0.39 is 6.10 Å². The Morgan fingerprint density at radius 3 is 2.76 bits per heavy atom. The van der Waals surface area contributed by atoms with E-state index in [1.807, 2.05) is 0 Å². The fourth-order valence-corrected chi connectivity index (χ4v) is 2.48. The molecule has 1 aromatic heterocycles. The molecule has 1 aromatic rings. The maximum Gasteiger partial charge on any atom is 0.256 e. The molecule has 3 aliphatic heterocycles. The summed E-state index contributed by atoms with van der Waals surface area (Å²) in [4.78, 5) is 9.01. The molecule has 2 atom stereocenters. The Bertz CT molecular complexity index is 388. The second-order valence-electron chi connectivity index (χ2n) is 4.59. The number of aliphatic hydroxyl groups is 1.